The molecular formula is C20H19ClN5S+. The summed E-state index contributed by atoms with van der Waals surface area (Å²) in [5.41, 5.74) is 1.87. The predicted molar refractivity (Wildman–Crippen MR) is 110 cm³/mol. The van der Waals surface area contributed by atoms with Crippen molar-refractivity contribution >= 4 is 40.2 Å². The van der Waals surface area contributed by atoms with E-state index in [1.807, 2.05) is 77.6 Å². The van der Waals surface area contributed by atoms with Gasteiger partial charge in [0.25, 0.3) is 5.82 Å². The predicted octanol–water partition coefficient (Wildman–Crippen LogP) is 4.69. The summed E-state index contributed by atoms with van der Waals surface area (Å²) in [5, 5.41) is 13.2. The number of rotatable bonds is 6. The van der Waals surface area contributed by atoms with Crippen LogP contribution in [-0.4, -0.2) is 20.2 Å². The van der Waals surface area contributed by atoms with E-state index in [9.17, 15) is 0 Å². The second-order valence-corrected chi connectivity index (χ2v) is 8.05. The lowest BCUT2D eigenvalue weighted by Crippen LogP contribution is -2.30. The molecular weight excluding hydrogens is 378 g/mol. The molecule has 2 aromatic heterocycles. The fourth-order valence-corrected chi connectivity index (χ4v) is 4.07. The number of nitrogens with one attached hydrogen (secondary N) is 2. The van der Waals surface area contributed by atoms with Crippen LogP contribution in [0.4, 0.5) is 5.82 Å². The molecule has 4 aromatic rings. The molecule has 5 nitrogen and oxygen atoms in total. The summed E-state index contributed by atoms with van der Waals surface area (Å²) < 4.78 is 1.95. The van der Waals surface area contributed by atoms with Gasteiger partial charge in [-0.25, -0.2) is 9.67 Å². The lowest BCUT2D eigenvalue weighted by molar-refractivity contribution is -0.361. The van der Waals surface area contributed by atoms with Gasteiger partial charge in [0.2, 0.25) is 6.17 Å². The van der Waals surface area contributed by atoms with Crippen LogP contribution in [0.1, 0.15) is 13.1 Å². The molecule has 0 aliphatic rings. The van der Waals surface area contributed by atoms with Crippen LogP contribution in [0, 0.1) is 0 Å². The van der Waals surface area contributed by atoms with Crippen molar-refractivity contribution in [1.82, 2.24) is 15.0 Å². The largest absolute Gasteiger partial charge is 0.273 e. The smallest absolute Gasteiger partial charge is 0.251 e. The van der Waals surface area contributed by atoms with Gasteiger partial charge in [-0.15, -0.1) is 16.9 Å². The Kier molecular flexibility index (Phi) is 5.27. The molecule has 136 valence electrons. The van der Waals surface area contributed by atoms with Crippen molar-refractivity contribution in [3.8, 4) is 0 Å². The zero-order valence-corrected chi connectivity index (χ0v) is 16.3. The minimum absolute atomic E-state index is 0.100. The average molecular weight is 397 g/mol. The molecule has 0 unspecified atom stereocenters. The SMILES string of the molecule is C[C@H](Sc1ccc(Cl)cc1)[C@@H](Nc1cccc[nH+]1)n1nnc2ccccc21. The van der Waals surface area contributed by atoms with E-state index in [0.29, 0.717) is 0 Å². The van der Waals surface area contributed by atoms with Gasteiger partial charge in [-0.3, -0.25) is 5.32 Å². The Morgan fingerprint density at radius 2 is 1.81 bits per heavy atom. The lowest BCUT2D eigenvalue weighted by Gasteiger charge is -2.21. The molecule has 0 bridgehead atoms. The van der Waals surface area contributed by atoms with Crippen LogP contribution in [0.5, 0.6) is 0 Å². The molecule has 0 saturated heterocycles. The highest BCUT2D eigenvalue weighted by molar-refractivity contribution is 8.00. The Hall–Kier alpha value is -2.57. The molecule has 2 heterocycles. The molecule has 0 aliphatic carbocycles. The summed E-state index contributed by atoms with van der Waals surface area (Å²) in [6.07, 6.45) is 1.80. The molecule has 0 saturated carbocycles. The first kappa shape index (κ1) is 17.8. The molecule has 0 aliphatic heterocycles. The first-order valence-electron chi connectivity index (χ1n) is 8.66. The van der Waals surface area contributed by atoms with Crippen LogP contribution in [0.25, 0.3) is 11.0 Å². The number of pyridine rings is 1. The number of para-hydroxylation sites is 1. The third kappa shape index (κ3) is 4.07. The monoisotopic (exact) mass is 396 g/mol. The third-order valence-corrected chi connectivity index (χ3v) is 5.66. The van der Waals surface area contributed by atoms with Gasteiger partial charge in [0.1, 0.15) is 5.52 Å². The van der Waals surface area contributed by atoms with Crippen LogP contribution in [0.2, 0.25) is 5.02 Å². The highest BCUT2D eigenvalue weighted by Crippen LogP contribution is 2.32. The summed E-state index contributed by atoms with van der Waals surface area (Å²) in [6, 6.07) is 21.8. The number of hydrogen-bond acceptors (Lipinski definition) is 4. The van der Waals surface area contributed by atoms with Crippen molar-refractivity contribution in [3.05, 3.63) is 77.9 Å². The van der Waals surface area contributed by atoms with Gasteiger partial charge in [0.05, 0.1) is 17.0 Å². The fraction of sp³-hybridized carbons (Fsp3) is 0.150. The second kappa shape index (κ2) is 7.98. The first-order valence-corrected chi connectivity index (χ1v) is 9.92. The standard InChI is InChI=1S/C20H18ClN5S/c1-14(27-16-11-9-15(21)10-12-16)20(23-19-8-4-5-13-22-19)26-18-7-3-2-6-17(18)24-25-26/h2-14,20H,1H3,(H,22,23)/p+1/t14-,20-/m0/s1. The van der Waals surface area contributed by atoms with E-state index < -0.39 is 0 Å². The van der Waals surface area contributed by atoms with Crippen molar-refractivity contribution in [2.45, 2.75) is 23.2 Å². The highest BCUT2D eigenvalue weighted by atomic mass is 35.5. The van der Waals surface area contributed by atoms with Crippen molar-refractivity contribution in [1.29, 1.82) is 0 Å². The second-order valence-electron chi connectivity index (χ2n) is 6.17. The van der Waals surface area contributed by atoms with Gasteiger partial charge < -0.3 is 0 Å². The number of benzene rings is 2. The van der Waals surface area contributed by atoms with Crippen molar-refractivity contribution in [2.75, 3.05) is 5.32 Å². The topological polar surface area (TPSA) is 56.9 Å². The summed E-state index contributed by atoms with van der Waals surface area (Å²) in [5.74, 6) is 0.922. The minimum atomic E-state index is -0.100. The van der Waals surface area contributed by atoms with E-state index in [0.717, 1.165) is 26.8 Å². The van der Waals surface area contributed by atoms with Crippen LogP contribution in [0.15, 0.2) is 77.8 Å². The fourth-order valence-electron chi connectivity index (χ4n) is 2.90. The number of aromatic nitrogens is 4. The van der Waals surface area contributed by atoms with Crippen LogP contribution in [-0.2, 0) is 0 Å². The van der Waals surface area contributed by atoms with Crippen molar-refractivity contribution < 1.29 is 4.98 Å². The van der Waals surface area contributed by atoms with E-state index >= 15 is 0 Å². The Morgan fingerprint density at radius 3 is 2.59 bits per heavy atom. The molecule has 0 radical (unpaired) electrons. The first-order chi connectivity index (χ1) is 13.2. The molecule has 0 fully saturated rings. The maximum Gasteiger partial charge on any atom is 0.273 e. The number of halogens is 1. The van der Waals surface area contributed by atoms with E-state index in [4.69, 9.17) is 11.6 Å². The molecule has 27 heavy (non-hydrogen) atoms. The van der Waals surface area contributed by atoms with E-state index in [1.54, 1.807) is 11.8 Å². The molecule has 2 atom stereocenters. The van der Waals surface area contributed by atoms with Crippen molar-refractivity contribution in [2.24, 2.45) is 0 Å². The molecule has 0 amide bonds. The van der Waals surface area contributed by atoms with Gasteiger partial charge in [-0.05, 0) is 49.4 Å². The minimum Gasteiger partial charge on any atom is -0.251 e. The number of H-pyrrole nitrogens is 1. The molecule has 7 heteroatoms. The molecule has 0 spiro atoms. The maximum atomic E-state index is 6.02. The Balaban J connectivity index is 1.67. The van der Waals surface area contributed by atoms with E-state index in [2.05, 4.69) is 27.5 Å². The normalized spacial score (nSPS) is 13.4. The number of aromatic amines is 1. The number of hydrogen-bond donors (Lipinski definition) is 1. The van der Waals surface area contributed by atoms with Gasteiger partial charge >= 0.3 is 0 Å². The zero-order valence-electron chi connectivity index (χ0n) is 14.7. The van der Waals surface area contributed by atoms with Gasteiger partial charge in [-0.2, -0.15) is 0 Å². The molecule has 2 aromatic carbocycles. The Labute approximate surface area is 166 Å². The number of anilines is 1. The van der Waals surface area contributed by atoms with Crippen LogP contribution >= 0.6 is 23.4 Å². The summed E-state index contributed by atoms with van der Waals surface area (Å²) in [4.78, 5) is 4.39. The Bertz CT molecular complexity index is 1020. The highest BCUT2D eigenvalue weighted by Gasteiger charge is 2.27. The summed E-state index contributed by atoms with van der Waals surface area (Å²) in [7, 11) is 0. The van der Waals surface area contributed by atoms with E-state index in [1.165, 1.54) is 0 Å². The Morgan fingerprint density at radius 1 is 1.04 bits per heavy atom. The third-order valence-electron chi connectivity index (χ3n) is 4.23. The molecule has 2 N–H and O–H groups in total. The summed E-state index contributed by atoms with van der Waals surface area (Å²) in [6.45, 7) is 2.18. The number of fused-ring (bicyclic) bond motifs is 1. The average Bonchev–Trinajstić information content (AvgIpc) is 3.12. The number of nitrogens with zero attached hydrogens (tertiary/aromatic N) is 3. The van der Waals surface area contributed by atoms with Crippen molar-refractivity contribution in [3.63, 3.8) is 0 Å². The summed E-state index contributed by atoms with van der Waals surface area (Å²) >= 11 is 7.78. The molecule has 4 rings (SSSR count). The lowest BCUT2D eigenvalue weighted by atomic mass is 10.3. The maximum absolute atomic E-state index is 6.02. The van der Waals surface area contributed by atoms with Gasteiger partial charge in [-0.1, -0.05) is 35.0 Å². The van der Waals surface area contributed by atoms with Crippen LogP contribution in [0.3, 0.4) is 0 Å². The van der Waals surface area contributed by atoms with Gasteiger partial charge in [0.15, 0.2) is 0 Å². The quantitative estimate of drug-likeness (QED) is 0.480. The zero-order chi connectivity index (χ0) is 18.6. The number of thioether (sulfide) groups is 1. The van der Waals surface area contributed by atoms with E-state index in [-0.39, 0.29) is 11.4 Å². The van der Waals surface area contributed by atoms with Crippen LogP contribution < -0.4 is 10.3 Å². The van der Waals surface area contributed by atoms with Gasteiger partial charge in [0, 0.05) is 16.0 Å².